The van der Waals surface area contributed by atoms with E-state index in [0.717, 1.165) is 16.9 Å². The molecule has 94 valence electrons. The Morgan fingerprint density at radius 3 is 2.76 bits per heavy atom. The number of aryl methyl sites for hydroxylation is 1. The topological polar surface area (TPSA) is 81.8 Å². The highest BCUT2D eigenvalue weighted by molar-refractivity contribution is 5.67. The first kappa shape index (κ1) is 13.5. The number of aliphatic carboxylic acids is 1. The van der Waals surface area contributed by atoms with E-state index in [1.54, 1.807) is 7.11 Å². The minimum atomic E-state index is -0.997. The maximum absolute atomic E-state index is 10.3. The molecule has 0 aromatic heterocycles. The molecule has 5 heteroatoms. The summed E-state index contributed by atoms with van der Waals surface area (Å²) in [7, 11) is 1.61. The van der Waals surface area contributed by atoms with Crippen molar-refractivity contribution in [3.05, 3.63) is 29.3 Å². The lowest BCUT2D eigenvalue weighted by Gasteiger charge is -2.13. The van der Waals surface area contributed by atoms with E-state index in [-0.39, 0.29) is 19.3 Å². The van der Waals surface area contributed by atoms with Crippen molar-refractivity contribution < 1.29 is 19.4 Å². The van der Waals surface area contributed by atoms with E-state index in [2.05, 4.69) is 0 Å². The van der Waals surface area contributed by atoms with Crippen molar-refractivity contribution in [2.75, 3.05) is 20.3 Å². The second-order valence-corrected chi connectivity index (χ2v) is 3.74. The SMILES string of the molecule is COc1ccc(C(N)COCC(=O)O)cc1C. The average Bonchev–Trinajstić information content (AvgIpc) is 2.28. The molecule has 0 aliphatic heterocycles. The number of hydrogen-bond donors (Lipinski definition) is 2. The quantitative estimate of drug-likeness (QED) is 0.777. The van der Waals surface area contributed by atoms with Crippen molar-refractivity contribution in [1.82, 2.24) is 0 Å². The minimum absolute atomic E-state index is 0.179. The number of hydrogen-bond acceptors (Lipinski definition) is 4. The molecule has 1 aromatic carbocycles. The number of ether oxygens (including phenoxy) is 2. The number of carboxylic acids is 1. The molecule has 0 saturated carbocycles. The van der Waals surface area contributed by atoms with Crippen LogP contribution in [0.2, 0.25) is 0 Å². The van der Waals surface area contributed by atoms with Gasteiger partial charge in [0.15, 0.2) is 0 Å². The van der Waals surface area contributed by atoms with Gasteiger partial charge in [-0.1, -0.05) is 12.1 Å². The molecule has 17 heavy (non-hydrogen) atoms. The van der Waals surface area contributed by atoms with E-state index in [0.29, 0.717) is 0 Å². The highest BCUT2D eigenvalue weighted by Crippen LogP contribution is 2.21. The van der Waals surface area contributed by atoms with E-state index in [1.807, 2.05) is 25.1 Å². The summed E-state index contributed by atoms with van der Waals surface area (Å²) in [4.78, 5) is 10.3. The molecule has 0 aliphatic rings. The molecule has 0 bridgehead atoms. The maximum atomic E-state index is 10.3. The Balaban J connectivity index is 2.59. The minimum Gasteiger partial charge on any atom is -0.496 e. The maximum Gasteiger partial charge on any atom is 0.329 e. The number of methoxy groups -OCH3 is 1. The lowest BCUT2D eigenvalue weighted by molar-refractivity contribution is -0.142. The Kier molecular flexibility index (Phi) is 4.93. The van der Waals surface area contributed by atoms with Crippen molar-refractivity contribution in [2.45, 2.75) is 13.0 Å². The summed E-state index contributed by atoms with van der Waals surface area (Å²) in [6.07, 6.45) is 0. The molecule has 3 N–H and O–H groups in total. The van der Waals surface area contributed by atoms with Gasteiger partial charge in [-0.15, -0.1) is 0 Å². The van der Waals surface area contributed by atoms with Gasteiger partial charge in [0.2, 0.25) is 0 Å². The van der Waals surface area contributed by atoms with Crippen molar-refractivity contribution in [3.63, 3.8) is 0 Å². The van der Waals surface area contributed by atoms with Gasteiger partial charge in [-0.2, -0.15) is 0 Å². The van der Waals surface area contributed by atoms with Crippen molar-refractivity contribution >= 4 is 5.97 Å². The Labute approximate surface area is 100 Å². The Hall–Kier alpha value is -1.59. The first-order valence-electron chi connectivity index (χ1n) is 5.24. The zero-order valence-electron chi connectivity index (χ0n) is 9.97. The zero-order valence-corrected chi connectivity index (χ0v) is 9.97. The number of rotatable bonds is 6. The molecular weight excluding hydrogens is 222 g/mol. The molecular formula is C12H17NO4. The molecule has 1 unspecified atom stereocenters. The van der Waals surface area contributed by atoms with Crippen LogP contribution < -0.4 is 10.5 Å². The average molecular weight is 239 g/mol. The summed E-state index contributed by atoms with van der Waals surface area (Å²) >= 11 is 0. The standard InChI is InChI=1S/C12H17NO4/c1-8-5-9(3-4-11(8)16-2)10(13)6-17-7-12(14)15/h3-5,10H,6-7,13H2,1-2H3,(H,14,15). The molecule has 0 amide bonds. The molecule has 1 aromatic rings. The van der Waals surface area contributed by atoms with Gasteiger partial charge in [-0.3, -0.25) is 0 Å². The second-order valence-electron chi connectivity index (χ2n) is 3.74. The van der Waals surface area contributed by atoms with E-state index >= 15 is 0 Å². The summed E-state index contributed by atoms with van der Waals surface area (Å²) in [5.41, 5.74) is 7.76. The van der Waals surface area contributed by atoms with E-state index < -0.39 is 5.97 Å². The smallest absolute Gasteiger partial charge is 0.329 e. The van der Waals surface area contributed by atoms with Gasteiger partial charge in [0, 0.05) is 0 Å². The van der Waals surface area contributed by atoms with Crippen LogP contribution in [0.25, 0.3) is 0 Å². The lowest BCUT2D eigenvalue weighted by Crippen LogP contribution is -2.19. The fraction of sp³-hybridized carbons (Fsp3) is 0.417. The van der Waals surface area contributed by atoms with Crippen LogP contribution >= 0.6 is 0 Å². The van der Waals surface area contributed by atoms with Crippen molar-refractivity contribution in [1.29, 1.82) is 0 Å². The molecule has 0 aliphatic carbocycles. The van der Waals surface area contributed by atoms with Crippen LogP contribution in [0.4, 0.5) is 0 Å². The highest BCUT2D eigenvalue weighted by atomic mass is 16.5. The van der Waals surface area contributed by atoms with Crippen molar-refractivity contribution in [3.8, 4) is 5.75 Å². The summed E-state index contributed by atoms with van der Waals surface area (Å²) in [5.74, 6) is -0.199. The van der Waals surface area contributed by atoms with Gasteiger partial charge in [0.05, 0.1) is 19.8 Å². The molecule has 0 radical (unpaired) electrons. The Morgan fingerprint density at radius 2 is 2.24 bits per heavy atom. The third kappa shape index (κ3) is 4.05. The Morgan fingerprint density at radius 1 is 1.53 bits per heavy atom. The number of carbonyl (C=O) groups is 1. The molecule has 0 spiro atoms. The predicted molar refractivity (Wildman–Crippen MR) is 63.1 cm³/mol. The number of nitrogens with two attached hydrogens (primary N) is 1. The van der Waals surface area contributed by atoms with Crippen LogP contribution in [0.5, 0.6) is 5.75 Å². The van der Waals surface area contributed by atoms with Crippen LogP contribution in [0.15, 0.2) is 18.2 Å². The number of benzene rings is 1. The monoisotopic (exact) mass is 239 g/mol. The molecule has 0 fully saturated rings. The third-order valence-corrected chi connectivity index (χ3v) is 2.37. The van der Waals surface area contributed by atoms with E-state index in [1.165, 1.54) is 0 Å². The fourth-order valence-corrected chi connectivity index (χ4v) is 1.50. The molecule has 0 saturated heterocycles. The fourth-order valence-electron chi connectivity index (χ4n) is 1.50. The van der Waals surface area contributed by atoms with Crippen LogP contribution in [-0.2, 0) is 9.53 Å². The van der Waals surface area contributed by atoms with E-state index in [9.17, 15) is 4.79 Å². The first-order chi connectivity index (χ1) is 8.04. The predicted octanol–water partition coefficient (Wildman–Crippen LogP) is 1.10. The first-order valence-corrected chi connectivity index (χ1v) is 5.24. The van der Waals surface area contributed by atoms with Crippen LogP contribution in [0.1, 0.15) is 17.2 Å². The zero-order chi connectivity index (χ0) is 12.8. The lowest BCUT2D eigenvalue weighted by atomic mass is 10.1. The highest BCUT2D eigenvalue weighted by Gasteiger charge is 2.09. The van der Waals surface area contributed by atoms with Crippen LogP contribution in [0, 0.1) is 6.92 Å². The molecule has 1 rings (SSSR count). The number of carboxylic acid groups (broad SMARTS) is 1. The van der Waals surface area contributed by atoms with Gasteiger partial charge >= 0.3 is 5.97 Å². The van der Waals surface area contributed by atoms with Crippen LogP contribution in [0.3, 0.4) is 0 Å². The van der Waals surface area contributed by atoms with Gasteiger partial charge in [-0.25, -0.2) is 4.79 Å². The van der Waals surface area contributed by atoms with E-state index in [4.69, 9.17) is 20.3 Å². The summed E-state index contributed by atoms with van der Waals surface area (Å²) in [5, 5.41) is 8.43. The van der Waals surface area contributed by atoms with Gasteiger partial charge in [0.1, 0.15) is 12.4 Å². The van der Waals surface area contributed by atoms with Crippen molar-refractivity contribution in [2.24, 2.45) is 5.73 Å². The van der Waals surface area contributed by atoms with Gasteiger partial charge in [0.25, 0.3) is 0 Å². The molecule has 5 nitrogen and oxygen atoms in total. The summed E-state index contributed by atoms with van der Waals surface area (Å²) in [6, 6.07) is 5.26. The summed E-state index contributed by atoms with van der Waals surface area (Å²) in [6.45, 7) is 1.77. The second kappa shape index (κ2) is 6.22. The van der Waals surface area contributed by atoms with Gasteiger partial charge in [-0.05, 0) is 24.1 Å². The molecule has 0 heterocycles. The Bertz CT molecular complexity index is 392. The summed E-state index contributed by atoms with van der Waals surface area (Å²) < 4.78 is 10.1. The molecule has 1 atom stereocenters. The van der Waals surface area contributed by atoms with Gasteiger partial charge < -0.3 is 20.3 Å². The van der Waals surface area contributed by atoms with Crippen LogP contribution in [-0.4, -0.2) is 31.4 Å². The largest absolute Gasteiger partial charge is 0.496 e. The third-order valence-electron chi connectivity index (χ3n) is 2.37. The normalized spacial score (nSPS) is 12.2.